The molecule has 0 unspecified atom stereocenters. The van der Waals surface area contributed by atoms with Crippen LogP contribution < -0.4 is 0 Å². The Kier molecular flexibility index (Phi) is 6.59. The molecule has 35 heavy (non-hydrogen) atoms. The Hall–Kier alpha value is -2.48. The van der Waals surface area contributed by atoms with Crippen LogP contribution in [0.5, 0.6) is 0 Å². The zero-order chi connectivity index (χ0) is 24.7. The Morgan fingerprint density at radius 2 is 1.51 bits per heavy atom. The fraction of sp³-hybridized carbons (Fsp3) is 0.630. The average molecular weight is 487 g/mol. The minimum Gasteiger partial charge on any atom is -0.339 e. The number of rotatable bonds is 4. The van der Waals surface area contributed by atoms with Crippen molar-refractivity contribution in [1.82, 2.24) is 19.3 Å². The SMILES string of the molecule is CC(C)n1c(C(=O)N2CCC(F)(F)CC2)cc2cc(C(=O)N3CCC(N4CCCC4)CC3)ccc21. The van der Waals surface area contributed by atoms with Gasteiger partial charge in [-0.3, -0.25) is 9.59 Å². The van der Waals surface area contributed by atoms with E-state index in [0.29, 0.717) is 17.3 Å². The second kappa shape index (κ2) is 9.52. The molecule has 3 fully saturated rings. The quantitative estimate of drug-likeness (QED) is 0.624. The molecule has 0 saturated carbocycles. The van der Waals surface area contributed by atoms with Crippen LogP contribution in [0.15, 0.2) is 24.3 Å². The third-order valence-corrected chi connectivity index (χ3v) is 8.01. The van der Waals surface area contributed by atoms with E-state index in [1.54, 1.807) is 0 Å². The van der Waals surface area contributed by atoms with E-state index in [-0.39, 0.29) is 43.8 Å². The Bertz CT molecular complexity index is 1090. The van der Waals surface area contributed by atoms with E-state index in [9.17, 15) is 18.4 Å². The fourth-order valence-electron chi connectivity index (χ4n) is 6.01. The predicted octanol–water partition coefficient (Wildman–Crippen LogP) is 4.79. The Morgan fingerprint density at radius 1 is 0.886 bits per heavy atom. The molecular weight excluding hydrogens is 450 g/mol. The third-order valence-electron chi connectivity index (χ3n) is 8.01. The molecule has 0 N–H and O–H groups in total. The number of halogens is 2. The van der Waals surface area contributed by atoms with E-state index in [2.05, 4.69) is 4.90 Å². The smallest absolute Gasteiger partial charge is 0.270 e. The highest BCUT2D eigenvalue weighted by Gasteiger charge is 2.37. The molecule has 8 heteroatoms. The van der Waals surface area contributed by atoms with Crippen LogP contribution in [0.4, 0.5) is 8.78 Å². The fourth-order valence-corrected chi connectivity index (χ4v) is 6.01. The number of piperidine rings is 2. The number of fused-ring (bicyclic) bond motifs is 1. The van der Waals surface area contributed by atoms with Gasteiger partial charge in [0.1, 0.15) is 5.69 Å². The maximum atomic E-state index is 13.6. The van der Waals surface area contributed by atoms with Crippen LogP contribution in [-0.4, -0.2) is 82.3 Å². The van der Waals surface area contributed by atoms with Gasteiger partial charge in [0.05, 0.1) is 0 Å². The normalized spacial score (nSPS) is 21.9. The molecule has 2 amide bonds. The van der Waals surface area contributed by atoms with Crippen molar-refractivity contribution < 1.29 is 18.4 Å². The number of aromatic nitrogens is 1. The first-order valence-electron chi connectivity index (χ1n) is 13.1. The summed E-state index contributed by atoms with van der Waals surface area (Å²) in [6.07, 6.45) is 4.01. The molecular formula is C27H36F2N4O2. The van der Waals surface area contributed by atoms with Crippen LogP contribution >= 0.6 is 0 Å². The van der Waals surface area contributed by atoms with Crippen LogP contribution in [0.3, 0.4) is 0 Å². The second-order valence-corrected chi connectivity index (χ2v) is 10.7. The van der Waals surface area contributed by atoms with E-state index in [0.717, 1.165) is 36.8 Å². The second-order valence-electron chi connectivity index (χ2n) is 10.7. The van der Waals surface area contributed by atoms with Crippen molar-refractivity contribution in [3.63, 3.8) is 0 Å². The lowest BCUT2D eigenvalue weighted by Gasteiger charge is -2.36. The van der Waals surface area contributed by atoms with Gasteiger partial charge >= 0.3 is 0 Å². The Balaban J connectivity index is 1.34. The number of benzene rings is 1. The summed E-state index contributed by atoms with van der Waals surface area (Å²) in [5, 5.41) is 0.835. The van der Waals surface area contributed by atoms with Crippen molar-refractivity contribution in [3.05, 3.63) is 35.5 Å². The van der Waals surface area contributed by atoms with Gasteiger partial charge in [0, 0.05) is 67.6 Å². The zero-order valence-corrected chi connectivity index (χ0v) is 20.8. The monoisotopic (exact) mass is 486 g/mol. The number of carbonyl (C=O) groups excluding carboxylic acids is 2. The van der Waals surface area contributed by atoms with Gasteiger partial charge in [-0.05, 0) is 76.9 Å². The first-order valence-corrected chi connectivity index (χ1v) is 13.1. The lowest BCUT2D eigenvalue weighted by Crippen LogP contribution is -2.45. The standard InChI is InChI=1S/C27H36F2N4O2/c1-19(2)33-23-6-5-20(25(34)31-13-7-22(8-14-31)30-11-3-4-12-30)17-21(23)18-24(33)26(35)32-15-9-27(28,29)10-16-32/h5-6,17-19,22H,3-4,7-16H2,1-2H3. The van der Waals surface area contributed by atoms with Crippen LogP contribution in [0.2, 0.25) is 0 Å². The number of likely N-dealkylation sites (tertiary alicyclic amines) is 3. The van der Waals surface area contributed by atoms with Crippen LogP contribution in [0.25, 0.3) is 10.9 Å². The van der Waals surface area contributed by atoms with Crippen LogP contribution in [0, 0.1) is 0 Å². The minimum absolute atomic E-state index is 0.0175. The van der Waals surface area contributed by atoms with Crippen molar-refractivity contribution in [2.75, 3.05) is 39.3 Å². The molecule has 0 atom stereocenters. The topological polar surface area (TPSA) is 48.8 Å². The Morgan fingerprint density at radius 3 is 2.14 bits per heavy atom. The third kappa shape index (κ3) is 4.82. The number of hydrogen-bond acceptors (Lipinski definition) is 3. The number of carbonyl (C=O) groups is 2. The summed E-state index contributed by atoms with van der Waals surface area (Å²) in [5.41, 5.74) is 2.01. The lowest BCUT2D eigenvalue weighted by molar-refractivity contribution is -0.0495. The molecule has 2 aromatic rings. The van der Waals surface area contributed by atoms with Crippen LogP contribution in [0.1, 0.15) is 79.3 Å². The van der Waals surface area contributed by atoms with E-state index in [1.165, 1.54) is 30.8 Å². The minimum atomic E-state index is -2.69. The summed E-state index contributed by atoms with van der Waals surface area (Å²) in [6, 6.07) is 8.08. The van der Waals surface area contributed by atoms with Gasteiger partial charge in [-0.1, -0.05) is 0 Å². The summed E-state index contributed by atoms with van der Waals surface area (Å²) < 4.78 is 29.2. The van der Waals surface area contributed by atoms with E-state index in [1.807, 2.05) is 47.6 Å². The molecule has 0 bridgehead atoms. The summed E-state index contributed by atoms with van der Waals surface area (Å²) in [4.78, 5) is 32.6. The lowest BCUT2D eigenvalue weighted by atomic mass is 10.0. The molecule has 3 aliphatic rings. The molecule has 1 aromatic carbocycles. The van der Waals surface area contributed by atoms with Gasteiger partial charge in [0.25, 0.3) is 17.7 Å². The largest absolute Gasteiger partial charge is 0.339 e. The van der Waals surface area contributed by atoms with Crippen molar-refractivity contribution in [3.8, 4) is 0 Å². The number of nitrogens with zero attached hydrogens (tertiary/aromatic N) is 4. The number of amides is 2. The maximum absolute atomic E-state index is 13.6. The summed E-state index contributed by atoms with van der Waals surface area (Å²) in [6.45, 7) is 8.04. The number of alkyl halides is 2. The summed E-state index contributed by atoms with van der Waals surface area (Å²) in [7, 11) is 0. The first-order chi connectivity index (χ1) is 16.7. The number of hydrogen-bond donors (Lipinski definition) is 0. The maximum Gasteiger partial charge on any atom is 0.270 e. The molecule has 1 aromatic heterocycles. The van der Waals surface area contributed by atoms with Crippen LogP contribution in [-0.2, 0) is 0 Å². The molecule has 0 spiro atoms. The summed E-state index contributed by atoms with van der Waals surface area (Å²) in [5.74, 6) is -2.88. The highest BCUT2D eigenvalue weighted by Crippen LogP contribution is 2.31. The molecule has 6 nitrogen and oxygen atoms in total. The average Bonchev–Trinajstić information content (AvgIpc) is 3.51. The van der Waals surface area contributed by atoms with Gasteiger partial charge in [-0.15, -0.1) is 0 Å². The molecule has 190 valence electrons. The predicted molar refractivity (Wildman–Crippen MR) is 132 cm³/mol. The van der Waals surface area contributed by atoms with Gasteiger partial charge in [-0.2, -0.15) is 0 Å². The van der Waals surface area contributed by atoms with Crippen molar-refractivity contribution in [2.24, 2.45) is 0 Å². The Labute approximate surface area is 205 Å². The molecule has 0 aliphatic carbocycles. The highest BCUT2D eigenvalue weighted by molar-refractivity contribution is 6.02. The molecule has 3 saturated heterocycles. The molecule has 3 aliphatic heterocycles. The van der Waals surface area contributed by atoms with Crippen molar-refractivity contribution in [2.45, 2.75) is 70.4 Å². The van der Waals surface area contributed by atoms with Crippen molar-refractivity contribution in [1.29, 1.82) is 0 Å². The van der Waals surface area contributed by atoms with Gasteiger partial charge in [0.15, 0.2) is 0 Å². The van der Waals surface area contributed by atoms with Crippen molar-refractivity contribution >= 4 is 22.7 Å². The molecule has 4 heterocycles. The first kappa shape index (κ1) is 24.2. The molecule has 0 radical (unpaired) electrons. The molecule has 5 rings (SSSR count). The highest BCUT2D eigenvalue weighted by atomic mass is 19.3. The van der Waals surface area contributed by atoms with Gasteiger partial charge < -0.3 is 19.3 Å². The zero-order valence-electron chi connectivity index (χ0n) is 20.8. The summed E-state index contributed by atoms with van der Waals surface area (Å²) >= 11 is 0. The van der Waals surface area contributed by atoms with Gasteiger partial charge in [0.2, 0.25) is 0 Å². The van der Waals surface area contributed by atoms with E-state index < -0.39 is 5.92 Å². The van der Waals surface area contributed by atoms with E-state index in [4.69, 9.17) is 0 Å². The van der Waals surface area contributed by atoms with Gasteiger partial charge in [-0.25, -0.2) is 8.78 Å². The van der Waals surface area contributed by atoms with E-state index >= 15 is 0 Å².